The highest BCUT2D eigenvalue weighted by atomic mass is 35.5. The topological polar surface area (TPSA) is 63.6 Å². The van der Waals surface area contributed by atoms with E-state index in [-0.39, 0.29) is 12.5 Å². The van der Waals surface area contributed by atoms with Crippen LogP contribution >= 0.6 is 11.6 Å². The molecule has 0 unspecified atom stereocenters. The summed E-state index contributed by atoms with van der Waals surface area (Å²) in [6.45, 7) is 1.74. The molecule has 0 saturated heterocycles. The Morgan fingerprint density at radius 1 is 1.58 bits per heavy atom. The standard InChI is InChI=1S/C7H9ClO4/c1-2-12-7(11)6(10)3-5(9)4-8/h3,10H,2,4H2,1H3. The van der Waals surface area contributed by atoms with Crippen molar-refractivity contribution in [2.75, 3.05) is 12.5 Å². The zero-order valence-corrected chi connectivity index (χ0v) is 7.30. The predicted octanol–water partition coefficient (Wildman–Crippen LogP) is 0.799. The minimum absolute atomic E-state index is 0.145. The molecule has 0 heterocycles. The van der Waals surface area contributed by atoms with Crippen molar-refractivity contribution in [3.63, 3.8) is 0 Å². The summed E-state index contributed by atoms with van der Waals surface area (Å²) in [7, 11) is 0. The van der Waals surface area contributed by atoms with Crippen LogP contribution in [-0.4, -0.2) is 29.3 Å². The van der Waals surface area contributed by atoms with Gasteiger partial charge in [-0.05, 0) is 6.92 Å². The Kier molecular flexibility index (Phi) is 5.12. The van der Waals surface area contributed by atoms with Crippen molar-refractivity contribution in [3.8, 4) is 0 Å². The number of alkyl halides is 1. The highest BCUT2D eigenvalue weighted by Crippen LogP contribution is 1.94. The van der Waals surface area contributed by atoms with Crippen LogP contribution in [0.25, 0.3) is 0 Å². The number of aliphatic hydroxyl groups is 1. The highest BCUT2D eigenvalue weighted by molar-refractivity contribution is 6.29. The lowest BCUT2D eigenvalue weighted by Crippen LogP contribution is -2.09. The van der Waals surface area contributed by atoms with Crippen molar-refractivity contribution < 1.29 is 19.4 Å². The van der Waals surface area contributed by atoms with E-state index in [2.05, 4.69) is 4.74 Å². The molecule has 0 atom stereocenters. The lowest BCUT2D eigenvalue weighted by Gasteiger charge is -1.98. The summed E-state index contributed by atoms with van der Waals surface area (Å²) in [6.07, 6.45) is 0.741. The smallest absolute Gasteiger partial charge is 0.373 e. The SMILES string of the molecule is CCOC(=O)C(O)=CC(=O)CCl. The molecular weight excluding hydrogens is 184 g/mol. The quantitative estimate of drug-likeness (QED) is 0.310. The summed E-state index contributed by atoms with van der Waals surface area (Å²) < 4.78 is 4.40. The van der Waals surface area contributed by atoms with Crippen LogP contribution in [0.5, 0.6) is 0 Å². The van der Waals surface area contributed by atoms with Crippen molar-refractivity contribution >= 4 is 23.4 Å². The number of carbonyl (C=O) groups is 2. The Morgan fingerprint density at radius 3 is 2.58 bits per heavy atom. The van der Waals surface area contributed by atoms with Gasteiger partial charge in [-0.15, -0.1) is 11.6 Å². The number of allylic oxidation sites excluding steroid dienone is 1. The van der Waals surface area contributed by atoms with Gasteiger partial charge in [-0.2, -0.15) is 0 Å². The minimum Gasteiger partial charge on any atom is -0.502 e. The van der Waals surface area contributed by atoms with Crippen LogP contribution in [-0.2, 0) is 14.3 Å². The van der Waals surface area contributed by atoms with Crippen LogP contribution in [0, 0.1) is 0 Å². The Balaban J connectivity index is 4.17. The van der Waals surface area contributed by atoms with Gasteiger partial charge in [-0.1, -0.05) is 0 Å². The van der Waals surface area contributed by atoms with E-state index in [1.54, 1.807) is 6.92 Å². The summed E-state index contributed by atoms with van der Waals surface area (Å²) in [5.41, 5.74) is 0. The van der Waals surface area contributed by atoms with E-state index in [1.165, 1.54) is 0 Å². The fourth-order valence-electron chi connectivity index (χ4n) is 0.455. The maximum absolute atomic E-state index is 10.7. The zero-order valence-electron chi connectivity index (χ0n) is 6.54. The molecule has 0 rings (SSSR count). The van der Waals surface area contributed by atoms with Crippen LogP contribution in [0.3, 0.4) is 0 Å². The molecule has 68 valence electrons. The molecule has 0 saturated carbocycles. The maximum atomic E-state index is 10.7. The molecule has 5 heteroatoms. The fraction of sp³-hybridized carbons (Fsp3) is 0.429. The van der Waals surface area contributed by atoms with Gasteiger partial charge in [-0.3, -0.25) is 4.79 Å². The second-order valence-corrected chi connectivity index (χ2v) is 2.12. The molecule has 0 aromatic heterocycles. The average molecular weight is 193 g/mol. The van der Waals surface area contributed by atoms with Crippen molar-refractivity contribution in [2.45, 2.75) is 6.92 Å². The van der Waals surface area contributed by atoms with E-state index in [0.717, 1.165) is 6.08 Å². The van der Waals surface area contributed by atoms with E-state index < -0.39 is 17.5 Å². The molecule has 0 bridgehead atoms. The highest BCUT2D eigenvalue weighted by Gasteiger charge is 2.09. The first-order valence-electron chi connectivity index (χ1n) is 3.28. The summed E-state index contributed by atoms with van der Waals surface area (Å²) in [5, 5.41) is 8.86. The second kappa shape index (κ2) is 5.60. The van der Waals surface area contributed by atoms with E-state index in [0.29, 0.717) is 0 Å². The summed E-state index contributed by atoms with van der Waals surface area (Å²) in [6, 6.07) is 0. The number of halogens is 1. The molecular formula is C7H9ClO4. The molecule has 12 heavy (non-hydrogen) atoms. The first-order chi connectivity index (χ1) is 5.61. The van der Waals surface area contributed by atoms with Crippen molar-refractivity contribution in [1.29, 1.82) is 0 Å². The van der Waals surface area contributed by atoms with Gasteiger partial charge in [0, 0.05) is 6.08 Å². The van der Waals surface area contributed by atoms with Gasteiger partial charge in [0.25, 0.3) is 0 Å². The summed E-state index contributed by atoms with van der Waals surface area (Å²) in [4.78, 5) is 21.2. The number of hydrogen-bond donors (Lipinski definition) is 1. The first kappa shape index (κ1) is 11.0. The normalized spacial score (nSPS) is 11.0. The van der Waals surface area contributed by atoms with Gasteiger partial charge < -0.3 is 9.84 Å². The van der Waals surface area contributed by atoms with Gasteiger partial charge in [0.1, 0.15) is 0 Å². The van der Waals surface area contributed by atoms with Crippen LogP contribution in [0.2, 0.25) is 0 Å². The van der Waals surface area contributed by atoms with Crippen molar-refractivity contribution in [2.24, 2.45) is 0 Å². The molecule has 0 aliphatic rings. The van der Waals surface area contributed by atoms with Crippen LogP contribution in [0.15, 0.2) is 11.8 Å². The van der Waals surface area contributed by atoms with Gasteiger partial charge in [0.15, 0.2) is 5.78 Å². The molecule has 0 radical (unpaired) electrons. The van der Waals surface area contributed by atoms with E-state index >= 15 is 0 Å². The molecule has 4 nitrogen and oxygen atoms in total. The Bertz CT molecular complexity index is 209. The Hall–Kier alpha value is -1.03. The van der Waals surface area contributed by atoms with Gasteiger partial charge in [0.05, 0.1) is 12.5 Å². The van der Waals surface area contributed by atoms with Crippen molar-refractivity contribution in [1.82, 2.24) is 0 Å². The van der Waals surface area contributed by atoms with Crippen LogP contribution < -0.4 is 0 Å². The molecule has 0 aliphatic heterocycles. The monoisotopic (exact) mass is 192 g/mol. The number of rotatable bonds is 4. The third-order valence-corrected chi connectivity index (χ3v) is 1.18. The molecule has 0 fully saturated rings. The number of ether oxygens (including phenoxy) is 1. The summed E-state index contributed by atoms with van der Waals surface area (Å²) >= 11 is 5.12. The molecule has 1 N–H and O–H groups in total. The van der Waals surface area contributed by atoms with Crippen molar-refractivity contribution in [3.05, 3.63) is 11.8 Å². The van der Waals surface area contributed by atoms with E-state index in [9.17, 15) is 9.59 Å². The fourth-order valence-corrected chi connectivity index (χ4v) is 0.532. The number of hydrogen-bond acceptors (Lipinski definition) is 4. The Morgan fingerprint density at radius 2 is 2.17 bits per heavy atom. The molecule has 0 aliphatic carbocycles. The predicted molar refractivity (Wildman–Crippen MR) is 43.1 cm³/mol. The largest absolute Gasteiger partial charge is 0.502 e. The van der Waals surface area contributed by atoms with Crippen LogP contribution in [0.1, 0.15) is 6.92 Å². The Labute approximate surface area is 74.8 Å². The van der Waals surface area contributed by atoms with Gasteiger partial charge in [0.2, 0.25) is 5.76 Å². The maximum Gasteiger partial charge on any atom is 0.373 e. The third kappa shape index (κ3) is 3.98. The molecule has 0 aromatic rings. The van der Waals surface area contributed by atoms with E-state index in [1.807, 2.05) is 0 Å². The number of ketones is 1. The van der Waals surface area contributed by atoms with Gasteiger partial charge in [-0.25, -0.2) is 4.79 Å². The van der Waals surface area contributed by atoms with E-state index in [4.69, 9.17) is 16.7 Å². The number of carbonyl (C=O) groups excluding carboxylic acids is 2. The summed E-state index contributed by atoms with van der Waals surface area (Å²) in [5.74, 6) is -2.45. The lowest BCUT2D eigenvalue weighted by atomic mass is 10.3. The molecule has 0 spiro atoms. The number of esters is 1. The average Bonchev–Trinajstić information content (AvgIpc) is 2.04. The van der Waals surface area contributed by atoms with Gasteiger partial charge >= 0.3 is 5.97 Å². The third-order valence-electron chi connectivity index (χ3n) is 0.914. The first-order valence-corrected chi connectivity index (χ1v) is 3.81. The minimum atomic E-state index is -0.920. The molecule has 0 amide bonds. The second-order valence-electron chi connectivity index (χ2n) is 1.85. The lowest BCUT2D eigenvalue weighted by molar-refractivity contribution is -0.141. The van der Waals surface area contributed by atoms with Crippen LogP contribution in [0.4, 0.5) is 0 Å². The zero-order chi connectivity index (χ0) is 9.56. The number of aliphatic hydroxyl groups excluding tert-OH is 1. The molecule has 0 aromatic carbocycles.